The van der Waals surface area contributed by atoms with E-state index in [0.29, 0.717) is 67.1 Å². The van der Waals surface area contributed by atoms with Crippen molar-refractivity contribution in [3.63, 3.8) is 0 Å². The van der Waals surface area contributed by atoms with E-state index >= 15 is 0 Å². The Morgan fingerprint density at radius 3 is 0.934 bits per heavy atom. The van der Waals surface area contributed by atoms with E-state index in [1.165, 1.54) is 36.4 Å². The van der Waals surface area contributed by atoms with Crippen molar-refractivity contribution in [2.45, 2.75) is 0 Å². The van der Waals surface area contributed by atoms with Crippen LogP contribution in [0.2, 0.25) is 0 Å². The Balaban J connectivity index is 1.16. The second-order valence-electron chi connectivity index (χ2n) is 13.5. The van der Waals surface area contributed by atoms with Crippen LogP contribution in [0.15, 0.2) is 140 Å². The lowest BCUT2D eigenvalue weighted by Crippen LogP contribution is -2.07. The molecule has 5 aromatic carbocycles. The van der Waals surface area contributed by atoms with Gasteiger partial charge in [0.25, 0.3) is 0 Å². The number of aromatic nitrogens is 4. The lowest BCUT2D eigenvalue weighted by molar-refractivity contribution is 0.384. The molecule has 0 saturated carbocycles. The number of nitrogens with zero attached hydrogens (tertiary/aromatic N) is 4. The summed E-state index contributed by atoms with van der Waals surface area (Å²) in [7, 11) is -14.5. The summed E-state index contributed by atoms with van der Waals surface area (Å²) in [4.78, 5) is 19.6. The molecule has 0 aliphatic rings. The fourth-order valence-corrected chi connectivity index (χ4v) is 7.93. The smallest absolute Gasteiger partial charge is 0.362 e. The van der Waals surface area contributed by atoms with Gasteiger partial charge in [0.05, 0.1) is 44.8 Å². The molecule has 0 atom stereocenters. The van der Waals surface area contributed by atoms with E-state index in [9.17, 15) is 38.9 Å². The highest BCUT2D eigenvalue weighted by Crippen LogP contribution is 2.36. The quantitative estimate of drug-likeness (QED) is 0.0868. The van der Waals surface area contributed by atoms with Crippen molar-refractivity contribution in [1.29, 1.82) is 0 Å². The van der Waals surface area contributed by atoms with Crippen LogP contribution in [0, 0.1) is 0 Å². The van der Waals surface area contributed by atoms with E-state index in [-0.39, 0.29) is 17.2 Å². The van der Waals surface area contributed by atoms with Crippen LogP contribution < -0.4 is 12.5 Å². The summed E-state index contributed by atoms with van der Waals surface area (Å²) in [6, 6.07) is 38.3. The first-order valence-corrected chi connectivity index (χ1v) is 21.9. The molecule has 4 aromatic heterocycles. The van der Waals surface area contributed by atoms with E-state index in [1.807, 2.05) is 48.5 Å². The third-order valence-electron chi connectivity index (χ3n) is 9.40. The summed E-state index contributed by atoms with van der Waals surface area (Å²) in [6.07, 6.45) is 0. The van der Waals surface area contributed by atoms with Crippen LogP contribution >= 0.6 is 0 Å². The molecule has 9 aromatic rings. The van der Waals surface area contributed by atoms with Crippen molar-refractivity contribution in [1.82, 2.24) is 19.9 Å². The summed E-state index contributed by atoms with van der Waals surface area (Å²) >= 11 is 0. The molecule has 19 heteroatoms. The molecule has 0 amide bonds. The molecule has 61 heavy (non-hydrogen) atoms. The second-order valence-corrected chi connectivity index (χ2v) is 16.6. The first-order valence-electron chi connectivity index (χ1n) is 17.8. The molecule has 0 fully saturated rings. The lowest BCUT2D eigenvalue weighted by Gasteiger charge is -2.12. The Labute approximate surface area is 346 Å². The van der Waals surface area contributed by atoms with Gasteiger partial charge in [-0.15, -0.1) is 0 Å². The molecular formula is C42H26N4O12S3. The Hall–Kier alpha value is -7.13. The molecule has 3 N–H and O–H groups in total. The fraction of sp³-hybridized carbons (Fsp3) is 0. The molecule has 0 saturated heterocycles. The Bertz CT molecular complexity index is 3410. The third kappa shape index (κ3) is 8.64. The van der Waals surface area contributed by atoms with Gasteiger partial charge in [-0.2, -0.15) is 25.3 Å². The van der Waals surface area contributed by atoms with E-state index in [2.05, 4.69) is 8.37 Å². The van der Waals surface area contributed by atoms with Gasteiger partial charge in [0.1, 0.15) is 17.2 Å². The first-order chi connectivity index (χ1) is 29.0. The molecule has 0 bridgehead atoms. The second kappa shape index (κ2) is 14.9. The van der Waals surface area contributed by atoms with Crippen LogP contribution in [-0.4, -0.2) is 58.8 Å². The molecule has 0 aliphatic carbocycles. The van der Waals surface area contributed by atoms with Crippen molar-refractivity contribution in [3.05, 3.63) is 140 Å². The number of hydrogen-bond donors (Lipinski definition) is 3. The van der Waals surface area contributed by atoms with Gasteiger partial charge in [0.15, 0.2) is 0 Å². The zero-order chi connectivity index (χ0) is 42.7. The summed E-state index contributed by atoms with van der Waals surface area (Å²) in [5, 5.41) is 2.92. The topological polar surface area (TPSA) is 242 Å². The van der Waals surface area contributed by atoms with Crippen LogP contribution in [0.4, 0.5) is 0 Å². The zero-order valence-electron chi connectivity index (χ0n) is 30.8. The van der Waals surface area contributed by atoms with Crippen LogP contribution in [0.5, 0.6) is 17.2 Å². The Kier molecular flexibility index (Phi) is 9.58. The summed E-state index contributed by atoms with van der Waals surface area (Å²) in [6.45, 7) is 0. The van der Waals surface area contributed by atoms with E-state index in [0.717, 1.165) is 21.5 Å². The van der Waals surface area contributed by atoms with E-state index < -0.39 is 31.2 Å². The zero-order valence-corrected chi connectivity index (χ0v) is 33.3. The van der Waals surface area contributed by atoms with Crippen LogP contribution in [0.3, 0.4) is 0 Å². The average Bonchev–Trinajstić information content (AvgIpc) is 3.21. The highest BCUT2D eigenvalue weighted by Gasteiger charge is 2.17. The predicted octanol–water partition coefficient (Wildman–Crippen LogP) is 8.09. The summed E-state index contributed by atoms with van der Waals surface area (Å²) < 4.78 is 112. The molecule has 0 radical (unpaired) electrons. The minimum atomic E-state index is -4.96. The van der Waals surface area contributed by atoms with Gasteiger partial charge >= 0.3 is 31.2 Å². The number of fused-ring (bicyclic) bond motifs is 6. The molecule has 16 nitrogen and oxygen atoms in total. The highest BCUT2D eigenvalue weighted by molar-refractivity contribution is 7.81. The van der Waals surface area contributed by atoms with Gasteiger partial charge in [0, 0.05) is 43.8 Å². The standard InChI is InChI=1S/C42H26N4O12S3/c47-59(48,49)56-32-5-1-3-28(20-32)35-15-11-24-7-9-26-13-17-37(45-41(26)39(24)43-35)30-19-31(23-34(22-30)58-61(53,54)55)38-18-14-27-10-8-25-12-16-36(44-40(25)42(27)46-38)29-4-2-6-33(21-29)57-60(50,51)52/h1-23H,(H,47,48,49)(H,50,51,52)(H,53,54,55). The van der Waals surface area contributed by atoms with Crippen molar-refractivity contribution in [2.75, 3.05) is 0 Å². The maximum atomic E-state index is 12.0. The predicted molar refractivity (Wildman–Crippen MR) is 226 cm³/mol. The van der Waals surface area contributed by atoms with Gasteiger partial charge in [0.2, 0.25) is 0 Å². The monoisotopic (exact) mass is 874 g/mol. The van der Waals surface area contributed by atoms with Crippen LogP contribution in [-0.2, 0) is 31.2 Å². The molecule has 0 unspecified atom stereocenters. The van der Waals surface area contributed by atoms with Gasteiger partial charge in [-0.1, -0.05) is 72.8 Å². The molecular weight excluding hydrogens is 849 g/mol. The van der Waals surface area contributed by atoms with Gasteiger partial charge < -0.3 is 12.5 Å². The third-order valence-corrected chi connectivity index (χ3v) is 10.6. The lowest BCUT2D eigenvalue weighted by atomic mass is 10.0. The van der Waals surface area contributed by atoms with Crippen molar-refractivity contribution >= 4 is 74.8 Å². The minimum absolute atomic E-state index is 0.115. The molecule has 0 spiro atoms. The maximum Gasteiger partial charge on any atom is 0.446 e. The first kappa shape index (κ1) is 39.3. The van der Waals surface area contributed by atoms with E-state index in [4.69, 9.17) is 24.1 Å². The highest BCUT2D eigenvalue weighted by atomic mass is 32.3. The number of pyridine rings is 4. The number of rotatable bonds is 10. The molecule has 9 rings (SSSR count). The fourth-order valence-electron chi connectivity index (χ4n) is 6.90. The molecule has 0 aliphatic heterocycles. The van der Waals surface area contributed by atoms with Gasteiger partial charge in [-0.25, -0.2) is 19.9 Å². The molecule has 4 heterocycles. The maximum absolute atomic E-state index is 12.0. The van der Waals surface area contributed by atoms with Gasteiger partial charge in [-0.3, -0.25) is 13.7 Å². The minimum Gasteiger partial charge on any atom is -0.362 e. The van der Waals surface area contributed by atoms with Crippen molar-refractivity contribution in [2.24, 2.45) is 0 Å². The number of benzene rings is 5. The summed E-state index contributed by atoms with van der Waals surface area (Å²) in [5.74, 6) is -0.458. The SMILES string of the molecule is O=S(=O)(O)Oc1cccc(-c2ccc3ccc4ccc(-c5cc(OS(=O)(=O)O)cc(-c6ccc7ccc8ccc(-c9cccc(OS(=O)(=O)O)c9)nc8c7n6)c5)nc4c3n2)c1. The van der Waals surface area contributed by atoms with Crippen molar-refractivity contribution < 1.29 is 51.5 Å². The van der Waals surface area contributed by atoms with Gasteiger partial charge in [-0.05, 0) is 66.7 Å². The average molecular weight is 875 g/mol. The van der Waals surface area contributed by atoms with Crippen LogP contribution in [0.25, 0.3) is 88.6 Å². The summed E-state index contributed by atoms with van der Waals surface area (Å²) in [5.41, 5.74) is 5.43. The number of hydrogen-bond acceptors (Lipinski definition) is 13. The normalized spacial score (nSPS) is 12.2. The largest absolute Gasteiger partial charge is 0.446 e. The Morgan fingerprint density at radius 2 is 0.607 bits per heavy atom. The van der Waals surface area contributed by atoms with Crippen molar-refractivity contribution in [3.8, 4) is 62.3 Å². The van der Waals surface area contributed by atoms with Crippen LogP contribution in [0.1, 0.15) is 0 Å². The Morgan fingerprint density at radius 1 is 0.328 bits per heavy atom. The van der Waals surface area contributed by atoms with E-state index in [1.54, 1.807) is 54.6 Å². The molecule has 304 valence electrons.